The van der Waals surface area contributed by atoms with Crippen LogP contribution in [0.3, 0.4) is 0 Å². The van der Waals surface area contributed by atoms with Gasteiger partial charge in [-0.15, -0.1) is 0 Å². The van der Waals surface area contributed by atoms with Crippen LogP contribution in [0, 0.1) is 0 Å². The van der Waals surface area contributed by atoms with Gasteiger partial charge in [0.2, 0.25) is 0 Å². The molecule has 0 aromatic heterocycles. The Morgan fingerprint density at radius 2 is 1.41 bits per heavy atom. The van der Waals surface area contributed by atoms with Crippen LogP contribution in [0.5, 0.6) is 0 Å². The van der Waals surface area contributed by atoms with E-state index in [1.807, 2.05) is 0 Å². The van der Waals surface area contributed by atoms with Crippen molar-refractivity contribution in [3.8, 4) is 0 Å². The molecule has 0 unspecified atom stereocenters. The van der Waals surface area contributed by atoms with Crippen molar-refractivity contribution < 1.29 is 28.7 Å². The highest BCUT2D eigenvalue weighted by Gasteiger charge is 2.35. The van der Waals surface area contributed by atoms with Crippen LogP contribution in [0.2, 0.25) is 0 Å². The Balaban J connectivity index is 3.24. The van der Waals surface area contributed by atoms with Crippen LogP contribution < -0.4 is 10.6 Å². The maximum atomic E-state index is 12.1. The highest BCUT2D eigenvalue weighted by atomic mass is 16.5. The van der Waals surface area contributed by atoms with Crippen molar-refractivity contribution in [2.24, 2.45) is 0 Å². The lowest BCUT2D eigenvalue weighted by Gasteiger charge is -2.20. The maximum Gasteiger partial charge on any atom is 0.397 e. The minimum absolute atomic E-state index is 0.0396. The van der Waals surface area contributed by atoms with Crippen LogP contribution in [0.1, 0.15) is 13.8 Å². The molecule has 0 aliphatic rings. The van der Waals surface area contributed by atoms with Crippen molar-refractivity contribution in [3.63, 3.8) is 0 Å². The molecule has 1 aromatic carbocycles. The number of anilines is 2. The summed E-state index contributed by atoms with van der Waals surface area (Å²) < 4.78 is 9.12. The first-order chi connectivity index (χ1) is 10.4. The molecule has 0 aliphatic heterocycles. The van der Waals surface area contributed by atoms with Gasteiger partial charge < -0.3 is 15.2 Å². The smallest absolute Gasteiger partial charge is 0.397 e. The summed E-state index contributed by atoms with van der Waals surface area (Å²) in [5.41, 5.74) is 5.64. The van der Waals surface area contributed by atoms with Crippen LogP contribution in [0.15, 0.2) is 24.3 Å². The Hall–Kier alpha value is -2.90. The number of imide groups is 1. The summed E-state index contributed by atoms with van der Waals surface area (Å²) in [7, 11) is 0. The molecule has 0 saturated carbocycles. The maximum absolute atomic E-state index is 12.1. The number of hydrogen-bond donors (Lipinski definition) is 1. The van der Waals surface area contributed by atoms with Crippen LogP contribution in [0.4, 0.5) is 11.4 Å². The molecule has 0 fully saturated rings. The van der Waals surface area contributed by atoms with E-state index in [9.17, 15) is 19.2 Å². The second kappa shape index (κ2) is 7.77. The molecule has 0 radical (unpaired) electrons. The lowest BCUT2D eigenvalue weighted by molar-refractivity contribution is -0.157. The Morgan fingerprint density at radius 1 is 0.955 bits per heavy atom. The van der Waals surface area contributed by atoms with E-state index in [1.165, 1.54) is 32.0 Å². The molecule has 1 aromatic rings. The highest BCUT2D eigenvalue weighted by molar-refractivity contribution is 6.53. The molecule has 0 spiro atoms. The summed E-state index contributed by atoms with van der Waals surface area (Å²) in [6.45, 7) is 2.88. The van der Waals surface area contributed by atoms with Crippen molar-refractivity contribution in [1.82, 2.24) is 0 Å². The van der Waals surface area contributed by atoms with Gasteiger partial charge in [0.15, 0.2) is 0 Å². The fourth-order valence-corrected chi connectivity index (χ4v) is 1.57. The zero-order chi connectivity index (χ0) is 16.7. The summed E-state index contributed by atoms with van der Waals surface area (Å²) in [5, 5.41) is 0. The van der Waals surface area contributed by atoms with Gasteiger partial charge in [-0.3, -0.25) is 9.59 Å². The predicted octanol–water partition coefficient (Wildman–Crippen LogP) is 0.255. The Bertz CT molecular complexity index is 569. The van der Waals surface area contributed by atoms with E-state index < -0.39 is 23.8 Å². The van der Waals surface area contributed by atoms with E-state index in [-0.39, 0.29) is 24.6 Å². The molecule has 8 heteroatoms. The number of nitrogens with two attached hydrogens (primary N) is 1. The third-order valence-corrected chi connectivity index (χ3v) is 2.48. The van der Waals surface area contributed by atoms with Crippen LogP contribution >= 0.6 is 0 Å². The number of para-hydroxylation sites is 2. The molecular weight excluding hydrogens is 292 g/mol. The Labute approximate surface area is 126 Å². The van der Waals surface area contributed by atoms with E-state index >= 15 is 0 Å². The fourth-order valence-electron chi connectivity index (χ4n) is 1.57. The van der Waals surface area contributed by atoms with Gasteiger partial charge in [-0.1, -0.05) is 12.1 Å². The Morgan fingerprint density at radius 3 is 1.82 bits per heavy atom. The summed E-state index contributed by atoms with van der Waals surface area (Å²) in [4.78, 5) is 47.7. The summed E-state index contributed by atoms with van der Waals surface area (Å²) in [5.74, 6) is -5.19. The highest BCUT2D eigenvalue weighted by Crippen LogP contribution is 2.23. The summed E-state index contributed by atoms with van der Waals surface area (Å²) >= 11 is 0. The van der Waals surface area contributed by atoms with Crippen LogP contribution in [0.25, 0.3) is 0 Å². The molecule has 0 saturated heterocycles. The van der Waals surface area contributed by atoms with Gasteiger partial charge in [-0.25, -0.2) is 14.5 Å². The topological polar surface area (TPSA) is 116 Å². The molecule has 0 atom stereocenters. The molecule has 2 amide bonds. The average molecular weight is 308 g/mol. The third-order valence-electron chi connectivity index (χ3n) is 2.48. The normalized spacial score (nSPS) is 9.73. The molecule has 2 N–H and O–H groups in total. The SMILES string of the molecule is CCOC(=O)C(=O)N(C(=O)C(=O)OCC)c1ccccc1N. The first-order valence-corrected chi connectivity index (χ1v) is 6.50. The van der Waals surface area contributed by atoms with Gasteiger partial charge in [0.25, 0.3) is 0 Å². The molecule has 1 rings (SSSR count). The number of ether oxygens (including phenoxy) is 2. The standard InChI is InChI=1S/C14H16N2O6/c1-3-21-13(19)11(17)16(12(18)14(20)22-4-2)10-8-6-5-7-9(10)15/h5-8H,3-4,15H2,1-2H3. The number of carbonyl (C=O) groups is 4. The van der Waals surface area contributed by atoms with Crippen LogP contribution in [-0.2, 0) is 28.7 Å². The minimum Gasteiger partial charge on any atom is -0.459 e. The number of rotatable bonds is 3. The number of esters is 2. The van der Waals surface area contributed by atoms with E-state index in [4.69, 9.17) is 5.73 Å². The van der Waals surface area contributed by atoms with Crippen molar-refractivity contribution in [1.29, 1.82) is 0 Å². The number of benzene rings is 1. The fraction of sp³-hybridized carbons (Fsp3) is 0.286. The van der Waals surface area contributed by atoms with Crippen molar-refractivity contribution in [2.45, 2.75) is 13.8 Å². The zero-order valence-corrected chi connectivity index (χ0v) is 12.2. The molecule has 0 aliphatic carbocycles. The lowest BCUT2D eigenvalue weighted by atomic mass is 10.2. The van der Waals surface area contributed by atoms with Gasteiger partial charge in [-0.05, 0) is 26.0 Å². The minimum atomic E-state index is -1.32. The molecule has 8 nitrogen and oxygen atoms in total. The molecule has 22 heavy (non-hydrogen) atoms. The number of hydrogen-bond acceptors (Lipinski definition) is 7. The molecular formula is C14H16N2O6. The first kappa shape index (κ1) is 17.2. The zero-order valence-electron chi connectivity index (χ0n) is 12.2. The molecule has 118 valence electrons. The first-order valence-electron chi connectivity index (χ1n) is 6.50. The summed E-state index contributed by atoms with van der Waals surface area (Å²) in [6, 6.07) is 5.80. The van der Waals surface area contributed by atoms with E-state index in [2.05, 4.69) is 9.47 Å². The predicted molar refractivity (Wildman–Crippen MR) is 76.6 cm³/mol. The average Bonchev–Trinajstić information content (AvgIpc) is 2.49. The monoisotopic (exact) mass is 308 g/mol. The quantitative estimate of drug-likeness (QED) is 0.483. The van der Waals surface area contributed by atoms with Gasteiger partial charge in [-0.2, -0.15) is 0 Å². The number of nitrogens with zero attached hydrogens (tertiary/aromatic N) is 1. The van der Waals surface area contributed by atoms with E-state index in [1.54, 1.807) is 6.07 Å². The lowest BCUT2D eigenvalue weighted by Crippen LogP contribution is -2.46. The number of nitrogen functional groups attached to an aromatic ring is 1. The van der Waals surface area contributed by atoms with Gasteiger partial charge >= 0.3 is 23.8 Å². The van der Waals surface area contributed by atoms with Crippen molar-refractivity contribution >= 4 is 35.1 Å². The number of carbonyl (C=O) groups excluding carboxylic acids is 4. The van der Waals surface area contributed by atoms with Crippen LogP contribution in [-0.4, -0.2) is 37.0 Å². The summed E-state index contributed by atoms with van der Waals surface area (Å²) in [6.07, 6.45) is 0. The molecule has 0 bridgehead atoms. The van der Waals surface area contributed by atoms with Crippen molar-refractivity contribution in [3.05, 3.63) is 24.3 Å². The van der Waals surface area contributed by atoms with Gasteiger partial charge in [0, 0.05) is 0 Å². The molecule has 0 heterocycles. The Kier molecular flexibility index (Phi) is 6.06. The van der Waals surface area contributed by atoms with Gasteiger partial charge in [0.1, 0.15) is 0 Å². The second-order valence-electron chi connectivity index (χ2n) is 3.95. The van der Waals surface area contributed by atoms with Crippen molar-refractivity contribution in [2.75, 3.05) is 23.8 Å². The van der Waals surface area contributed by atoms with E-state index in [0.29, 0.717) is 4.90 Å². The number of amides is 2. The van der Waals surface area contributed by atoms with E-state index in [0.717, 1.165) is 0 Å². The largest absolute Gasteiger partial charge is 0.459 e. The second-order valence-corrected chi connectivity index (χ2v) is 3.95. The third kappa shape index (κ3) is 3.81. The van der Waals surface area contributed by atoms with Gasteiger partial charge in [0.05, 0.1) is 24.6 Å².